The van der Waals surface area contributed by atoms with Gasteiger partial charge < -0.3 is 9.84 Å². The summed E-state index contributed by atoms with van der Waals surface area (Å²) in [5, 5.41) is 9.20. The van der Waals surface area contributed by atoms with Gasteiger partial charge in [-0.05, 0) is 19.1 Å². The van der Waals surface area contributed by atoms with E-state index in [0.29, 0.717) is 11.3 Å². The van der Waals surface area contributed by atoms with Gasteiger partial charge >= 0.3 is 0 Å². The molecule has 0 spiro atoms. The number of aryl methyl sites for hydroxylation is 1. The first-order valence-electron chi connectivity index (χ1n) is 5.22. The summed E-state index contributed by atoms with van der Waals surface area (Å²) in [7, 11) is 1.54. The van der Waals surface area contributed by atoms with Gasteiger partial charge in [0, 0.05) is 0 Å². The number of Topliss-reactive ketones (excluding diaryl/α,β-unsaturated/α-hetero) is 1. The van der Waals surface area contributed by atoms with Gasteiger partial charge in [0.05, 0.1) is 24.7 Å². The molecular formula is C13H18O3. The molecule has 88 valence electrons. The Morgan fingerprint density at radius 1 is 1.44 bits per heavy atom. The van der Waals surface area contributed by atoms with Gasteiger partial charge in [-0.1, -0.05) is 25.5 Å². The third-order valence-corrected chi connectivity index (χ3v) is 2.61. The number of hydrogen-bond donors (Lipinski definition) is 1. The molecule has 0 aliphatic rings. The van der Waals surface area contributed by atoms with Crippen molar-refractivity contribution < 1.29 is 14.6 Å². The minimum Gasteiger partial charge on any atom is -0.496 e. The molecule has 1 aromatic rings. The molecule has 0 radical (unpaired) electrons. The van der Waals surface area contributed by atoms with Crippen molar-refractivity contribution in [3.63, 3.8) is 0 Å². The highest BCUT2D eigenvalue weighted by Gasteiger charge is 2.29. The fraction of sp³-hybridized carbons (Fsp3) is 0.462. The molecule has 0 bridgehead atoms. The quantitative estimate of drug-likeness (QED) is 0.794. The summed E-state index contributed by atoms with van der Waals surface area (Å²) in [6, 6.07) is 5.45. The minimum absolute atomic E-state index is 0.101. The highest BCUT2D eigenvalue weighted by molar-refractivity contribution is 6.02. The van der Waals surface area contributed by atoms with Crippen LogP contribution in [-0.4, -0.2) is 24.6 Å². The Balaban J connectivity index is 3.21. The Hall–Kier alpha value is -1.35. The molecule has 3 heteroatoms. The second-order valence-electron chi connectivity index (χ2n) is 4.57. The van der Waals surface area contributed by atoms with Gasteiger partial charge in [0.25, 0.3) is 0 Å². The van der Waals surface area contributed by atoms with Crippen LogP contribution < -0.4 is 4.74 Å². The first kappa shape index (κ1) is 12.7. The summed E-state index contributed by atoms with van der Waals surface area (Å²) in [6.45, 7) is 5.18. The number of ether oxygens (including phenoxy) is 1. The molecule has 0 atom stereocenters. The average Bonchev–Trinajstić information content (AvgIpc) is 2.28. The van der Waals surface area contributed by atoms with Crippen molar-refractivity contribution in [3.05, 3.63) is 29.3 Å². The van der Waals surface area contributed by atoms with Crippen LogP contribution in [0.2, 0.25) is 0 Å². The van der Waals surface area contributed by atoms with E-state index in [1.807, 2.05) is 13.0 Å². The van der Waals surface area contributed by atoms with E-state index in [0.717, 1.165) is 5.56 Å². The Bertz CT molecular complexity index is 394. The van der Waals surface area contributed by atoms with E-state index < -0.39 is 5.41 Å². The van der Waals surface area contributed by atoms with E-state index in [1.54, 1.807) is 26.0 Å². The molecule has 1 aromatic carbocycles. The van der Waals surface area contributed by atoms with E-state index in [1.165, 1.54) is 7.11 Å². The van der Waals surface area contributed by atoms with Crippen LogP contribution in [0.25, 0.3) is 0 Å². The van der Waals surface area contributed by atoms with Crippen molar-refractivity contribution in [1.82, 2.24) is 0 Å². The molecule has 0 fully saturated rings. The number of methoxy groups -OCH3 is 1. The molecule has 0 saturated heterocycles. The van der Waals surface area contributed by atoms with Crippen molar-refractivity contribution in [2.75, 3.05) is 13.7 Å². The van der Waals surface area contributed by atoms with Crippen LogP contribution in [0, 0.1) is 12.3 Å². The lowest BCUT2D eigenvalue weighted by molar-refractivity contribution is 0.0722. The molecule has 0 aliphatic carbocycles. The molecule has 16 heavy (non-hydrogen) atoms. The van der Waals surface area contributed by atoms with Crippen LogP contribution in [0.3, 0.4) is 0 Å². The molecule has 0 aromatic heterocycles. The highest BCUT2D eigenvalue weighted by atomic mass is 16.5. The van der Waals surface area contributed by atoms with Gasteiger partial charge in [-0.25, -0.2) is 0 Å². The highest BCUT2D eigenvalue weighted by Crippen LogP contribution is 2.28. The van der Waals surface area contributed by atoms with Crippen LogP contribution in [0.5, 0.6) is 5.75 Å². The lowest BCUT2D eigenvalue weighted by atomic mass is 9.84. The summed E-state index contributed by atoms with van der Waals surface area (Å²) in [4.78, 5) is 12.2. The van der Waals surface area contributed by atoms with Gasteiger partial charge in [-0.3, -0.25) is 4.79 Å². The first-order valence-corrected chi connectivity index (χ1v) is 5.22. The van der Waals surface area contributed by atoms with Gasteiger partial charge in [0.15, 0.2) is 5.78 Å². The molecule has 0 aliphatic heterocycles. The third kappa shape index (κ3) is 2.42. The molecule has 0 amide bonds. The summed E-state index contributed by atoms with van der Waals surface area (Å²) < 4.78 is 5.16. The SMILES string of the molecule is COc1ccc(C)cc1C(=O)C(C)(C)CO. The summed E-state index contributed by atoms with van der Waals surface area (Å²) >= 11 is 0. The zero-order valence-corrected chi connectivity index (χ0v) is 10.2. The maximum atomic E-state index is 12.2. The molecule has 3 nitrogen and oxygen atoms in total. The number of rotatable bonds is 4. The number of ketones is 1. The van der Waals surface area contributed by atoms with Gasteiger partial charge in [0.1, 0.15) is 5.75 Å². The van der Waals surface area contributed by atoms with Gasteiger partial charge in [-0.2, -0.15) is 0 Å². The summed E-state index contributed by atoms with van der Waals surface area (Å²) in [6.07, 6.45) is 0. The van der Waals surface area contributed by atoms with Crippen molar-refractivity contribution in [1.29, 1.82) is 0 Å². The Labute approximate surface area is 96.1 Å². The second kappa shape index (κ2) is 4.66. The standard InChI is InChI=1S/C13H18O3/c1-9-5-6-11(16-4)10(7-9)12(15)13(2,3)8-14/h5-7,14H,8H2,1-4H3. The van der Waals surface area contributed by atoms with E-state index in [-0.39, 0.29) is 12.4 Å². The largest absolute Gasteiger partial charge is 0.496 e. The number of hydrogen-bond acceptors (Lipinski definition) is 3. The van der Waals surface area contributed by atoms with E-state index in [4.69, 9.17) is 4.74 Å². The monoisotopic (exact) mass is 222 g/mol. The Morgan fingerprint density at radius 2 is 2.06 bits per heavy atom. The zero-order chi connectivity index (χ0) is 12.3. The van der Waals surface area contributed by atoms with E-state index >= 15 is 0 Å². The summed E-state index contributed by atoms with van der Waals surface area (Å²) in [5.74, 6) is 0.452. The summed E-state index contributed by atoms with van der Waals surface area (Å²) in [5.41, 5.74) is 0.751. The molecule has 0 unspecified atom stereocenters. The predicted octanol–water partition coefficient (Wildman–Crippen LogP) is 2.20. The van der Waals surface area contributed by atoms with Crippen LogP contribution in [-0.2, 0) is 0 Å². The molecular weight excluding hydrogens is 204 g/mol. The number of benzene rings is 1. The lowest BCUT2D eigenvalue weighted by Crippen LogP contribution is -2.28. The lowest BCUT2D eigenvalue weighted by Gasteiger charge is -2.21. The third-order valence-electron chi connectivity index (χ3n) is 2.61. The molecule has 0 heterocycles. The smallest absolute Gasteiger partial charge is 0.174 e. The van der Waals surface area contributed by atoms with Crippen molar-refractivity contribution in [2.24, 2.45) is 5.41 Å². The van der Waals surface area contributed by atoms with Gasteiger partial charge in [-0.15, -0.1) is 0 Å². The molecule has 1 N–H and O–H groups in total. The zero-order valence-electron chi connectivity index (χ0n) is 10.2. The number of aliphatic hydroxyl groups is 1. The number of carbonyl (C=O) groups excluding carboxylic acids is 1. The number of carbonyl (C=O) groups is 1. The minimum atomic E-state index is -0.777. The first-order chi connectivity index (χ1) is 7.42. The maximum absolute atomic E-state index is 12.2. The van der Waals surface area contributed by atoms with Crippen LogP contribution in [0.4, 0.5) is 0 Å². The average molecular weight is 222 g/mol. The van der Waals surface area contributed by atoms with Crippen molar-refractivity contribution >= 4 is 5.78 Å². The van der Waals surface area contributed by atoms with Gasteiger partial charge in [0.2, 0.25) is 0 Å². The Kier molecular flexibility index (Phi) is 3.70. The normalized spacial score (nSPS) is 11.3. The van der Waals surface area contributed by atoms with Crippen LogP contribution in [0.15, 0.2) is 18.2 Å². The fourth-order valence-corrected chi connectivity index (χ4v) is 1.44. The van der Waals surface area contributed by atoms with Crippen LogP contribution >= 0.6 is 0 Å². The molecule has 1 rings (SSSR count). The second-order valence-corrected chi connectivity index (χ2v) is 4.57. The maximum Gasteiger partial charge on any atom is 0.174 e. The van der Waals surface area contributed by atoms with E-state index in [9.17, 15) is 9.90 Å². The molecule has 0 saturated carbocycles. The van der Waals surface area contributed by atoms with Crippen molar-refractivity contribution in [2.45, 2.75) is 20.8 Å². The fourth-order valence-electron chi connectivity index (χ4n) is 1.44. The van der Waals surface area contributed by atoms with E-state index in [2.05, 4.69) is 0 Å². The topological polar surface area (TPSA) is 46.5 Å². The van der Waals surface area contributed by atoms with Crippen LogP contribution in [0.1, 0.15) is 29.8 Å². The Morgan fingerprint density at radius 3 is 2.56 bits per heavy atom. The predicted molar refractivity (Wildman–Crippen MR) is 62.9 cm³/mol. The van der Waals surface area contributed by atoms with Crippen molar-refractivity contribution in [3.8, 4) is 5.75 Å². The number of aliphatic hydroxyl groups excluding tert-OH is 1.